The van der Waals surface area contributed by atoms with E-state index in [0.29, 0.717) is 0 Å². The van der Waals surface area contributed by atoms with Crippen molar-refractivity contribution in [3.05, 3.63) is 29.8 Å². The standard InChI is InChI=1S/C13H19N3O/c1-4-14-8-11-6-7-13(17-11)12-9-16(5-2)15-10(12)3/h6-7,9,14H,4-5,8H2,1-3H3. The topological polar surface area (TPSA) is 43.0 Å². The van der Waals surface area contributed by atoms with E-state index in [9.17, 15) is 0 Å². The van der Waals surface area contributed by atoms with Crippen LogP contribution in [-0.4, -0.2) is 16.3 Å². The Balaban J connectivity index is 2.20. The summed E-state index contributed by atoms with van der Waals surface area (Å²) in [5, 5.41) is 7.66. The van der Waals surface area contributed by atoms with Gasteiger partial charge in [-0.25, -0.2) is 0 Å². The van der Waals surface area contributed by atoms with Gasteiger partial charge in [-0.15, -0.1) is 0 Å². The first-order valence-corrected chi connectivity index (χ1v) is 6.08. The largest absolute Gasteiger partial charge is 0.460 e. The van der Waals surface area contributed by atoms with Crippen molar-refractivity contribution in [3.8, 4) is 11.3 Å². The third-order valence-corrected chi connectivity index (χ3v) is 2.75. The van der Waals surface area contributed by atoms with E-state index in [0.717, 1.165) is 42.4 Å². The molecule has 2 rings (SSSR count). The van der Waals surface area contributed by atoms with E-state index in [1.165, 1.54) is 0 Å². The minimum Gasteiger partial charge on any atom is -0.460 e. The fourth-order valence-electron chi connectivity index (χ4n) is 1.79. The molecule has 0 spiro atoms. The van der Waals surface area contributed by atoms with Crippen LogP contribution < -0.4 is 5.32 Å². The Labute approximate surface area is 102 Å². The van der Waals surface area contributed by atoms with E-state index in [1.807, 2.05) is 29.9 Å². The lowest BCUT2D eigenvalue weighted by molar-refractivity contribution is 0.498. The van der Waals surface area contributed by atoms with Crippen LogP contribution in [0.15, 0.2) is 22.7 Å². The Kier molecular flexibility index (Phi) is 3.64. The molecule has 0 radical (unpaired) electrons. The van der Waals surface area contributed by atoms with E-state index >= 15 is 0 Å². The smallest absolute Gasteiger partial charge is 0.137 e. The second-order valence-corrected chi connectivity index (χ2v) is 4.03. The Morgan fingerprint density at radius 1 is 1.35 bits per heavy atom. The van der Waals surface area contributed by atoms with Crippen LogP contribution in [0.3, 0.4) is 0 Å². The molecule has 0 saturated carbocycles. The first kappa shape index (κ1) is 11.9. The van der Waals surface area contributed by atoms with Crippen molar-refractivity contribution in [2.24, 2.45) is 0 Å². The lowest BCUT2D eigenvalue weighted by Crippen LogP contribution is -2.10. The average Bonchev–Trinajstić information content (AvgIpc) is 2.92. The molecule has 2 aromatic rings. The molecule has 4 heteroatoms. The molecule has 2 aromatic heterocycles. The number of hydrogen-bond acceptors (Lipinski definition) is 3. The van der Waals surface area contributed by atoms with Gasteiger partial charge in [0, 0.05) is 12.7 Å². The van der Waals surface area contributed by atoms with Crippen LogP contribution in [-0.2, 0) is 13.1 Å². The highest BCUT2D eigenvalue weighted by atomic mass is 16.3. The minimum absolute atomic E-state index is 0.775. The maximum absolute atomic E-state index is 5.79. The summed E-state index contributed by atoms with van der Waals surface area (Å²) in [7, 11) is 0. The van der Waals surface area contributed by atoms with Crippen molar-refractivity contribution in [3.63, 3.8) is 0 Å². The van der Waals surface area contributed by atoms with E-state index in [-0.39, 0.29) is 0 Å². The second-order valence-electron chi connectivity index (χ2n) is 4.03. The van der Waals surface area contributed by atoms with Gasteiger partial charge in [-0.05, 0) is 32.5 Å². The fraction of sp³-hybridized carbons (Fsp3) is 0.462. The highest BCUT2D eigenvalue weighted by Gasteiger charge is 2.10. The average molecular weight is 233 g/mol. The van der Waals surface area contributed by atoms with Crippen LogP contribution in [0.1, 0.15) is 25.3 Å². The molecule has 0 fully saturated rings. The van der Waals surface area contributed by atoms with Crippen LogP contribution in [0.25, 0.3) is 11.3 Å². The zero-order valence-corrected chi connectivity index (χ0v) is 10.7. The summed E-state index contributed by atoms with van der Waals surface area (Å²) in [6.07, 6.45) is 2.03. The Morgan fingerprint density at radius 3 is 2.82 bits per heavy atom. The molecule has 0 bridgehead atoms. The molecule has 17 heavy (non-hydrogen) atoms. The van der Waals surface area contributed by atoms with Gasteiger partial charge in [-0.3, -0.25) is 4.68 Å². The van der Waals surface area contributed by atoms with Gasteiger partial charge in [0.25, 0.3) is 0 Å². The number of hydrogen-bond donors (Lipinski definition) is 1. The number of aromatic nitrogens is 2. The van der Waals surface area contributed by atoms with Gasteiger partial charge >= 0.3 is 0 Å². The Bertz CT molecular complexity index is 485. The summed E-state index contributed by atoms with van der Waals surface area (Å²) in [5.74, 6) is 1.86. The molecule has 2 heterocycles. The van der Waals surface area contributed by atoms with Crippen LogP contribution in [0, 0.1) is 6.92 Å². The molecule has 0 saturated heterocycles. The predicted octanol–water partition coefficient (Wildman–Crippen LogP) is 2.58. The predicted molar refractivity (Wildman–Crippen MR) is 67.7 cm³/mol. The van der Waals surface area contributed by atoms with Crippen molar-refractivity contribution in [2.75, 3.05) is 6.54 Å². The molecule has 92 valence electrons. The minimum atomic E-state index is 0.775. The van der Waals surface area contributed by atoms with Gasteiger partial charge in [-0.2, -0.15) is 5.10 Å². The Morgan fingerprint density at radius 2 is 2.18 bits per heavy atom. The zero-order chi connectivity index (χ0) is 12.3. The summed E-state index contributed by atoms with van der Waals surface area (Å²) >= 11 is 0. The van der Waals surface area contributed by atoms with E-state index in [4.69, 9.17) is 4.42 Å². The third-order valence-electron chi connectivity index (χ3n) is 2.75. The lowest BCUT2D eigenvalue weighted by Gasteiger charge is -1.97. The lowest BCUT2D eigenvalue weighted by atomic mass is 10.2. The molecule has 0 atom stereocenters. The first-order valence-electron chi connectivity index (χ1n) is 6.08. The number of aryl methyl sites for hydroxylation is 2. The van der Waals surface area contributed by atoms with Crippen molar-refractivity contribution in [2.45, 2.75) is 33.9 Å². The zero-order valence-electron chi connectivity index (χ0n) is 10.7. The Hall–Kier alpha value is -1.55. The molecule has 0 unspecified atom stereocenters. The number of furan rings is 1. The van der Waals surface area contributed by atoms with Crippen molar-refractivity contribution >= 4 is 0 Å². The van der Waals surface area contributed by atoms with Crippen molar-refractivity contribution in [1.82, 2.24) is 15.1 Å². The van der Waals surface area contributed by atoms with Gasteiger partial charge in [0.05, 0.1) is 17.8 Å². The summed E-state index contributed by atoms with van der Waals surface area (Å²) in [5.41, 5.74) is 2.09. The maximum Gasteiger partial charge on any atom is 0.137 e. The van der Waals surface area contributed by atoms with E-state index in [1.54, 1.807) is 0 Å². The highest BCUT2D eigenvalue weighted by Crippen LogP contribution is 2.24. The monoisotopic (exact) mass is 233 g/mol. The number of nitrogens with one attached hydrogen (secondary N) is 1. The molecule has 0 aliphatic carbocycles. The van der Waals surface area contributed by atoms with Crippen LogP contribution in [0.5, 0.6) is 0 Å². The normalized spacial score (nSPS) is 11.0. The quantitative estimate of drug-likeness (QED) is 0.863. The third kappa shape index (κ3) is 2.58. The van der Waals surface area contributed by atoms with Crippen molar-refractivity contribution in [1.29, 1.82) is 0 Å². The molecule has 4 nitrogen and oxygen atoms in total. The van der Waals surface area contributed by atoms with E-state index in [2.05, 4.69) is 24.3 Å². The highest BCUT2D eigenvalue weighted by molar-refractivity contribution is 5.59. The molecular formula is C13H19N3O. The molecule has 1 N–H and O–H groups in total. The van der Waals surface area contributed by atoms with Crippen LogP contribution in [0.4, 0.5) is 0 Å². The fourth-order valence-corrected chi connectivity index (χ4v) is 1.79. The molecular weight excluding hydrogens is 214 g/mol. The van der Waals surface area contributed by atoms with Crippen LogP contribution >= 0.6 is 0 Å². The second kappa shape index (κ2) is 5.19. The summed E-state index contributed by atoms with van der Waals surface area (Å²) in [4.78, 5) is 0. The van der Waals surface area contributed by atoms with E-state index < -0.39 is 0 Å². The van der Waals surface area contributed by atoms with Crippen LogP contribution in [0.2, 0.25) is 0 Å². The van der Waals surface area contributed by atoms with Gasteiger partial charge in [0.15, 0.2) is 0 Å². The molecule has 0 amide bonds. The molecule has 0 aliphatic rings. The summed E-state index contributed by atoms with van der Waals surface area (Å²) in [6, 6.07) is 4.03. The molecule has 0 aromatic carbocycles. The number of nitrogens with zero attached hydrogens (tertiary/aromatic N) is 2. The van der Waals surface area contributed by atoms with Gasteiger partial charge < -0.3 is 9.73 Å². The first-order chi connectivity index (χ1) is 8.24. The van der Waals surface area contributed by atoms with Gasteiger partial charge in [-0.1, -0.05) is 6.92 Å². The summed E-state index contributed by atoms with van der Waals surface area (Å²) < 4.78 is 7.72. The van der Waals surface area contributed by atoms with Crippen molar-refractivity contribution < 1.29 is 4.42 Å². The SMILES string of the molecule is CCNCc1ccc(-c2cn(CC)nc2C)o1. The van der Waals surface area contributed by atoms with Gasteiger partial charge in [0.1, 0.15) is 11.5 Å². The number of rotatable bonds is 5. The van der Waals surface area contributed by atoms with Gasteiger partial charge in [0.2, 0.25) is 0 Å². The maximum atomic E-state index is 5.79. The molecule has 0 aliphatic heterocycles. The summed E-state index contributed by atoms with van der Waals surface area (Å²) in [6.45, 7) is 8.77.